The van der Waals surface area contributed by atoms with Gasteiger partial charge in [0.15, 0.2) is 5.82 Å². The number of nitrogens with zero attached hydrogens (tertiary/aromatic N) is 2. The Kier molecular flexibility index (Phi) is 3.51. The van der Waals surface area contributed by atoms with Crippen LogP contribution in [0.4, 0.5) is 0 Å². The summed E-state index contributed by atoms with van der Waals surface area (Å²) >= 11 is 7.86. The fourth-order valence-electron chi connectivity index (χ4n) is 1.95. The van der Waals surface area contributed by atoms with Crippen molar-refractivity contribution in [2.24, 2.45) is 0 Å². The molecule has 5 heteroatoms. The van der Waals surface area contributed by atoms with Crippen LogP contribution in [0.1, 0.15) is 0 Å². The molecule has 0 aliphatic heterocycles. The Balaban J connectivity index is 2.14. The van der Waals surface area contributed by atoms with Gasteiger partial charge >= 0.3 is 0 Å². The highest BCUT2D eigenvalue weighted by atomic mass is 35.5. The zero-order chi connectivity index (χ0) is 14.1. The molecule has 1 heterocycles. The largest absolute Gasteiger partial charge is 0.508 e. The topological polar surface area (TPSA) is 46.0 Å². The zero-order valence-electron chi connectivity index (χ0n) is 10.7. The monoisotopic (exact) mass is 302 g/mol. The summed E-state index contributed by atoms with van der Waals surface area (Å²) in [6, 6.07) is 12.9. The molecule has 0 aliphatic carbocycles. The number of phenolic OH excluding ortho intramolecular Hbond substituents is 1. The number of hydrogen-bond donors (Lipinski definition) is 1. The van der Waals surface area contributed by atoms with E-state index in [0.29, 0.717) is 21.9 Å². The van der Waals surface area contributed by atoms with E-state index in [-0.39, 0.29) is 5.75 Å². The first kappa shape index (κ1) is 13.2. The van der Waals surface area contributed by atoms with Crippen LogP contribution in [0.5, 0.6) is 5.75 Å². The van der Waals surface area contributed by atoms with E-state index in [1.54, 1.807) is 30.0 Å². The van der Waals surface area contributed by atoms with Gasteiger partial charge in [-0.25, -0.2) is 9.97 Å². The molecular formula is C15H11ClN2OS. The number of fused-ring (bicyclic) bond motifs is 1. The maximum absolute atomic E-state index is 9.48. The third-order valence-electron chi connectivity index (χ3n) is 2.98. The average Bonchev–Trinajstić information content (AvgIpc) is 2.48. The summed E-state index contributed by atoms with van der Waals surface area (Å²) in [6.07, 6.45) is 2.03. The van der Waals surface area contributed by atoms with Crippen LogP contribution in [0.15, 0.2) is 47.4 Å². The standard InChI is InChI=1S/C15H11ClN2OS/c1-20-11-5-2-9(3-6-11)15-17-13-7-4-10(19)8-12(13)14(16)18-15/h2-8,19H,1H3. The van der Waals surface area contributed by atoms with Crippen molar-refractivity contribution in [3.8, 4) is 17.1 Å². The van der Waals surface area contributed by atoms with E-state index in [1.807, 2.05) is 30.5 Å². The van der Waals surface area contributed by atoms with Crippen LogP contribution in [0.25, 0.3) is 22.3 Å². The summed E-state index contributed by atoms with van der Waals surface area (Å²) in [5, 5.41) is 10.5. The van der Waals surface area contributed by atoms with E-state index in [0.717, 1.165) is 5.56 Å². The second-order valence-electron chi connectivity index (χ2n) is 4.27. The van der Waals surface area contributed by atoms with Crippen LogP contribution in [0.3, 0.4) is 0 Å². The summed E-state index contributed by atoms with van der Waals surface area (Å²) in [7, 11) is 0. The number of thioether (sulfide) groups is 1. The van der Waals surface area contributed by atoms with E-state index >= 15 is 0 Å². The van der Waals surface area contributed by atoms with Gasteiger partial charge in [0.1, 0.15) is 10.9 Å². The third kappa shape index (κ3) is 2.44. The Hall–Kier alpha value is -1.78. The molecular weight excluding hydrogens is 292 g/mol. The van der Waals surface area contributed by atoms with Gasteiger partial charge in [0.05, 0.1) is 5.52 Å². The second kappa shape index (κ2) is 5.31. The third-order valence-corrected chi connectivity index (χ3v) is 4.01. The van der Waals surface area contributed by atoms with Gasteiger partial charge in [0, 0.05) is 15.8 Å². The Morgan fingerprint density at radius 2 is 1.80 bits per heavy atom. The Labute approximate surface area is 125 Å². The smallest absolute Gasteiger partial charge is 0.161 e. The Morgan fingerprint density at radius 1 is 1.05 bits per heavy atom. The number of benzene rings is 2. The van der Waals surface area contributed by atoms with E-state index in [4.69, 9.17) is 11.6 Å². The quantitative estimate of drug-likeness (QED) is 0.564. The highest BCUT2D eigenvalue weighted by Crippen LogP contribution is 2.28. The molecule has 0 unspecified atom stereocenters. The lowest BCUT2D eigenvalue weighted by molar-refractivity contribution is 0.476. The molecule has 3 aromatic rings. The van der Waals surface area contributed by atoms with Crippen LogP contribution in [0.2, 0.25) is 5.15 Å². The molecule has 3 nitrogen and oxygen atoms in total. The van der Waals surface area contributed by atoms with Gasteiger partial charge < -0.3 is 5.11 Å². The van der Waals surface area contributed by atoms with Crippen LogP contribution >= 0.6 is 23.4 Å². The molecule has 3 rings (SSSR count). The molecule has 0 bridgehead atoms. The molecule has 100 valence electrons. The number of hydrogen-bond acceptors (Lipinski definition) is 4. The first-order valence-corrected chi connectivity index (χ1v) is 7.58. The summed E-state index contributed by atoms with van der Waals surface area (Å²) in [5.41, 5.74) is 1.63. The fourth-order valence-corrected chi connectivity index (χ4v) is 2.59. The van der Waals surface area contributed by atoms with Crippen LogP contribution < -0.4 is 0 Å². The van der Waals surface area contributed by atoms with Crippen molar-refractivity contribution in [2.45, 2.75) is 4.90 Å². The van der Waals surface area contributed by atoms with Crippen molar-refractivity contribution >= 4 is 34.3 Å². The minimum atomic E-state index is 0.153. The van der Waals surface area contributed by atoms with E-state index < -0.39 is 0 Å². The summed E-state index contributed by atoms with van der Waals surface area (Å²) < 4.78 is 0. The van der Waals surface area contributed by atoms with E-state index in [9.17, 15) is 5.11 Å². The molecule has 0 atom stereocenters. The first-order chi connectivity index (χ1) is 9.67. The first-order valence-electron chi connectivity index (χ1n) is 5.98. The molecule has 20 heavy (non-hydrogen) atoms. The predicted octanol–water partition coefficient (Wildman–Crippen LogP) is 4.38. The number of phenols is 1. The molecule has 0 radical (unpaired) electrons. The average molecular weight is 303 g/mol. The van der Waals surface area contributed by atoms with Crippen molar-refractivity contribution < 1.29 is 5.11 Å². The molecule has 2 aromatic carbocycles. The summed E-state index contributed by atoms with van der Waals surface area (Å²) in [5.74, 6) is 0.737. The lowest BCUT2D eigenvalue weighted by Crippen LogP contribution is -1.91. The van der Waals surface area contributed by atoms with Gasteiger partial charge in [-0.1, -0.05) is 23.7 Å². The molecule has 0 fully saturated rings. The van der Waals surface area contributed by atoms with Gasteiger partial charge in [-0.2, -0.15) is 0 Å². The number of aromatic nitrogens is 2. The Morgan fingerprint density at radius 3 is 2.50 bits per heavy atom. The van der Waals surface area contributed by atoms with Crippen molar-refractivity contribution in [2.75, 3.05) is 6.26 Å². The number of halogens is 1. The van der Waals surface area contributed by atoms with E-state index in [1.165, 1.54) is 4.90 Å². The summed E-state index contributed by atoms with van der Waals surface area (Å²) in [4.78, 5) is 9.98. The number of rotatable bonds is 2. The van der Waals surface area contributed by atoms with Gasteiger partial charge in [-0.3, -0.25) is 0 Å². The normalized spacial score (nSPS) is 10.9. The van der Waals surface area contributed by atoms with Crippen LogP contribution in [-0.2, 0) is 0 Å². The minimum absolute atomic E-state index is 0.153. The lowest BCUT2D eigenvalue weighted by atomic mass is 10.2. The highest BCUT2D eigenvalue weighted by Gasteiger charge is 2.08. The second-order valence-corrected chi connectivity index (χ2v) is 5.51. The maximum Gasteiger partial charge on any atom is 0.161 e. The highest BCUT2D eigenvalue weighted by molar-refractivity contribution is 7.98. The number of aromatic hydroxyl groups is 1. The van der Waals surface area contributed by atoms with Crippen molar-refractivity contribution in [3.05, 3.63) is 47.6 Å². The van der Waals surface area contributed by atoms with Crippen molar-refractivity contribution in [1.82, 2.24) is 9.97 Å². The van der Waals surface area contributed by atoms with Crippen LogP contribution in [0, 0.1) is 0 Å². The molecule has 0 amide bonds. The van der Waals surface area contributed by atoms with Gasteiger partial charge in [-0.05, 0) is 36.6 Å². The molecule has 1 aromatic heterocycles. The lowest BCUT2D eigenvalue weighted by Gasteiger charge is -2.05. The molecule has 0 saturated heterocycles. The van der Waals surface area contributed by atoms with Crippen molar-refractivity contribution in [1.29, 1.82) is 0 Å². The maximum atomic E-state index is 9.48. The van der Waals surface area contributed by atoms with Gasteiger partial charge in [0.25, 0.3) is 0 Å². The molecule has 0 aliphatic rings. The molecule has 0 spiro atoms. The van der Waals surface area contributed by atoms with Crippen LogP contribution in [-0.4, -0.2) is 21.3 Å². The Bertz CT molecular complexity index is 775. The van der Waals surface area contributed by atoms with E-state index in [2.05, 4.69) is 9.97 Å². The van der Waals surface area contributed by atoms with Gasteiger partial charge in [0.2, 0.25) is 0 Å². The molecule has 0 saturated carbocycles. The predicted molar refractivity (Wildman–Crippen MR) is 83.4 cm³/mol. The summed E-state index contributed by atoms with van der Waals surface area (Å²) in [6.45, 7) is 0. The fraction of sp³-hybridized carbons (Fsp3) is 0.0667. The van der Waals surface area contributed by atoms with Gasteiger partial charge in [-0.15, -0.1) is 11.8 Å². The minimum Gasteiger partial charge on any atom is -0.508 e. The molecule has 1 N–H and O–H groups in total. The van der Waals surface area contributed by atoms with Crippen molar-refractivity contribution in [3.63, 3.8) is 0 Å². The zero-order valence-corrected chi connectivity index (χ0v) is 12.2. The SMILES string of the molecule is CSc1ccc(-c2nc(Cl)c3cc(O)ccc3n2)cc1.